The van der Waals surface area contributed by atoms with Crippen molar-refractivity contribution in [1.82, 2.24) is 9.97 Å². The molecule has 5 nitrogen and oxygen atoms in total. The second kappa shape index (κ2) is 4.92. The second-order valence-electron chi connectivity index (χ2n) is 2.82. The highest BCUT2D eigenvalue weighted by atomic mass is 15.2. The monoisotopic (exact) mass is 201 g/mol. The van der Waals surface area contributed by atoms with Gasteiger partial charge in [-0.05, 0) is 13.8 Å². The summed E-state index contributed by atoms with van der Waals surface area (Å²) in [6, 6.07) is 3.70. The molecule has 0 aliphatic heterocycles. The summed E-state index contributed by atoms with van der Waals surface area (Å²) in [5.41, 5.74) is 0.162. The van der Waals surface area contributed by atoms with Gasteiger partial charge in [0, 0.05) is 13.1 Å². The summed E-state index contributed by atoms with van der Waals surface area (Å²) in [5, 5.41) is 17.5. The van der Waals surface area contributed by atoms with Gasteiger partial charge in [-0.3, -0.25) is 0 Å². The van der Waals surface area contributed by atoms with Crippen LogP contribution < -0.4 is 4.90 Å². The Hall–Kier alpha value is -2.14. The van der Waals surface area contributed by atoms with E-state index >= 15 is 0 Å². The summed E-state index contributed by atoms with van der Waals surface area (Å²) in [5.74, 6) is 0.635. The molecule has 0 spiro atoms. The zero-order chi connectivity index (χ0) is 11.3. The fourth-order valence-corrected chi connectivity index (χ4v) is 1.24. The van der Waals surface area contributed by atoms with E-state index in [0.717, 1.165) is 13.1 Å². The summed E-state index contributed by atoms with van der Waals surface area (Å²) in [7, 11) is 0. The number of aromatic nitrogens is 2. The molecule has 1 heterocycles. The van der Waals surface area contributed by atoms with Crippen LogP contribution in [0.25, 0.3) is 0 Å². The van der Waals surface area contributed by atoms with E-state index in [1.54, 1.807) is 0 Å². The second-order valence-corrected chi connectivity index (χ2v) is 2.82. The number of anilines is 1. The highest BCUT2D eigenvalue weighted by Gasteiger charge is 2.09. The van der Waals surface area contributed by atoms with Crippen molar-refractivity contribution in [2.75, 3.05) is 18.0 Å². The Balaban J connectivity index is 3.15. The van der Waals surface area contributed by atoms with Gasteiger partial charge in [0.25, 0.3) is 0 Å². The van der Waals surface area contributed by atoms with Crippen LogP contribution in [0.2, 0.25) is 0 Å². The molecule has 1 rings (SSSR count). The minimum Gasteiger partial charge on any atom is -0.356 e. The maximum atomic E-state index is 8.78. The predicted octanol–water partition coefficient (Wildman–Crippen LogP) is 1.07. The Labute approximate surface area is 88.6 Å². The third-order valence-electron chi connectivity index (χ3n) is 2.06. The molecule has 0 aliphatic carbocycles. The van der Waals surface area contributed by atoms with Gasteiger partial charge in [0.2, 0.25) is 0 Å². The molecule has 0 saturated heterocycles. The maximum Gasteiger partial charge on any atom is 0.179 e. The normalized spacial score (nSPS) is 9.07. The van der Waals surface area contributed by atoms with Crippen molar-refractivity contribution in [1.29, 1.82) is 10.5 Å². The topological polar surface area (TPSA) is 76.6 Å². The molecule has 1 aromatic rings. The fourth-order valence-electron chi connectivity index (χ4n) is 1.24. The first-order valence-corrected chi connectivity index (χ1v) is 4.69. The van der Waals surface area contributed by atoms with Gasteiger partial charge in [-0.15, -0.1) is 0 Å². The van der Waals surface area contributed by atoms with Crippen LogP contribution in [0.15, 0.2) is 6.20 Å². The summed E-state index contributed by atoms with van der Waals surface area (Å²) < 4.78 is 0. The van der Waals surface area contributed by atoms with Crippen LogP contribution in [-0.4, -0.2) is 23.1 Å². The summed E-state index contributed by atoms with van der Waals surface area (Å²) >= 11 is 0. The van der Waals surface area contributed by atoms with Crippen molar-refractivity contribution in [3.63, 3.8) is 0 Å². The van der Waals surface area contributed by atoms with Crippen LogP contribution in [0.1, 0.15) is 25.2 Å². The average molecular weight is 201 g/mol. The SMILES string of the molecule is CCN(CC)c1cnc(C#N)c(C#N)n1. The molecule has 1 aromatic heterocycles. The van der Waals surface area contributed by atoms with Crippen LogP contribution in [0.3, 0.4) is 0 Å². The van der Waals surface area contributed by atoms with Crippen molar-refractivity contribution >= 4 is 5.82 Å². The molecule has 0 radical (unpaired) electrons. The Morgan fingerprint density at radius 1 is 1.20 bits per heavy atom. The first-order valence-electron chi connectivity index (χ1n) is 4.69. The highest BCUT2D eigenvalue weighted by Crippen LogP contribution is 2.11. The lowest BCUT2D eigenvalue weighted by Gasteiger charge is -2.18. The number of rotatable bonds is 3. The van der Waals surface area contributed by atoms with Crippen molar-refractivity contribution in [3.8, 4) is 12.1 Å². The van der Waals surface area contributed by atoms with Gasteiger partial charge < -0.3 is 4.90 Å². The van der Waals surface area contributed by atoms with Crippen molar-refractivity contribution < 1.29 is 0 Å². The van der Waals surface area contributed by atoms with Crippen molar-refractivity contribution in [2.24, 2.45) is 0 Å². The predicted molar refractivity (Wildman–Crippen MR) is 55.0 cm³/mol. The molecule has 0 unspecified atom stereocenters. The molecule has 0 amide bonds. The zero-order valence-corrected chi connectivity index (χ0v) is 8.73. The summed E-state index contributed by atoms with van der Waals surface area (Å²) in [6.45, 7) is 5.58. The molecular formula is C10H11N5. The van der Waals surface area contributed by atoms with Crippen LogP contribution in [0, 0.1) is 22.7 Å². The van der Waals surface area contributed by atoms with E-state index in [9.17, 15) is 0 Å². The van der Waals surface area contributed by atoms with E-state index in [-0.39, 0.29) is 11.4 Å². The molecule has 0 aromatic carbocycles. The smallest absolute Gasteiger partial charge is 0.179 e. The van der Waals surface area contributed by atoms with Crippen LogP contribution in [-0.2, 0) is 0 Å². The van der Waals surface area contributed by atoms with Crippen LogP contribution >= 0.6 is 0 Å². The lowest BCUT2D eigenvalue weighted by atomic mass is 10.3. The standard InChI is InChI=1S/C10H11N5/c1-3-15(4-2)10-7-13-8(5-11)9(6-12)14-10/h7H,3-4H2,1-2H3. The Morgan fingerprint density at radius 2 is 1.80 bits per heavy atom. The lowest BCUT2D eigenvalue weighted by molar-refractivity contribution is 0.837. The van der Waals surface area contributed by atoms with Gasteiger partial charge in [-0.25, -0.2) is 9.97 Å². The van der Waals surface area contributed by atoms with Gasteiger partial charge in [0.1, 0.15) is 18.0 Å². The van der Waals surface area contributed by atoms with Crippen molar-refractivity contribution in [2.45, 2.75) is 13.8 Å². The zero-order valence-electron chi connectivity index (χ0n) is 8.73. The van der Waals surface area contributed by atoms with E-state index in [1.165, 1.54) is 6.20 Å². The van der Waals surface area contributed by atoms with Crippen LogP contribution in [0.4, 0.5) is 5.82 Å². The number of nitriles is 2. The minimum absolute atomic E-state index is 0.0772. The molecule has 0 N–H and O–H groups in total. The fraction of sp³-hybridized carbons (Fsp3) is 0.400. The first kappa shape index (κ1) is 10.9. The van der Waals surface area contributed by atoms with Crippen molar-refractivity contribution in [3.05, 3.63) is 17.6 Å². The quantitative estimate of drug-likeness (QED) is 0.730. The van der Waals surface area contributed by atoms with Gasteiger partial charge in [-0.2, -0.15) is 10.5 Å². The molecular weight excluding hydrogens is 190 g/mol. The highest BCUT2D eigenvalue weighted by molar-refractivity contribution is 5.44. The third-order valence-corrected chi connectivity index (χ3v) is 2.06. The van der Waals surface area contributed by atoms with Crippen LogP contribution in [0.5, 0.6) is 0 Å². The third kappa shape index (κ3) is 2.21. The molecule has 76 valence electrons. The van der Waals surface area contributed by atoms with E-state index < -0.39 is 0 Å². The molecule has 0 saturated carbocycles. The Morgan fingerprint density at radius 3 is 2.27 bits per heavy atom. The number of hydrogen-bond donors (Lipinski definition) is 0. The van der Waals surface area contributed by atoms with Gasteiger partial charge >= 0.3 is 0 Å². The van der Waals surface area contributed by atoms with Gasteiger partial charge in [-0.1, -0.05) is 0 Å². The summed E-state index contributed by atoms with van der Waals surface area (Å²) in [4.78, 5) is 9.95. The molecule has 0 aliphatic rings. The molecule has 0 atom stereocenters. The van der Waals surface area contributed by atoms with E-state index in [4.69, 9.17) is 10.5 Å². The van der Waals surface area contributed by atoms with Gasteiger partial charge in [0.05, 0.1) is 6.20 Å². The number of hydrogen-bond acceptors (Lipinski definition) is 5. The van der Waals surface area contributed by atoms with E-state index in [1.807, 2.05) is 30.9 Å². The molecule has 0 bridgehead atoms. The molecule has 5 heteroatoms. The number of nitrogens with zero attached hydrogens (tertiary/aromatic N) is 5. The molecule has 0 fully saturated rings. The lowest BCUT2D eigenvalue weighted by Crippen LogP contribution is -2.23. The Kier molecular flexibility index (Phi) is 3.59. The summed E-state index contributed by atoms with van der Waals surface area (Å²) in [6.07, 6.45) is 1.52. The largest absolute Gasteiger partial charge is 0.356 e. The average Bonchev–Trinajstić information content (AvgIpc) is 2.30. The van der Waals surface area contributed by atoms with E-state index in [2.05, 4.69) is 9.97 Å². The maximum absolute atomic E-state index is 8.78. The first-order chi connectivity index (χ1) is 7.26. The Bertz CT molecular complexity index is 422. The van der Waals surface area contributed by atoms with Gasteiger partial charge in [0.15, 0.2) is 11.4 Å². The molecule has 15 heavy (non-hydrogen) atoms. The minimum atomic E-state index is 0.0772. The van der Waals surface area contributed by atoms with E-state index in [0.29, 0.717) is 5.82 Å².